The smallest absolute Gasteiger partial charge is 0.245 e. The lowest BCUT2D eigenvalue weighted by Gasteiger charge is -2.31. The molecule has 3 atom stereocenters. The molecule has 1 aliphatic heterocycles. The highest BCUT2D eigenvalue weighted by molar-refractivity contribution is 5.88. The van der Waals surface area contributed by atoms with Gasteiger partial charge >= 0.3 is 0 Å². The van der Waals surface area contributed by atoms with Gasteiger partial charge in [0.05, 0.1) is 13.2 Å². The number of carbonyl (C=O) groups excluding carboxylic acids is 2. The van der Waals surface area contributed by atoms with Gasteiger partial charge in [-0.25, -0.2) is 0 Å². The van der Waals surface area contributed by atoms with E-state index in [-0.39, 0.29) is 23.8 Å². The molecule has 0 spiro atoms. The van der Waals surface area contributed by atoms with Crippen LogP contribution in [0.25, 0.3) is 0 Å². The van der Waals surface area contributed by atoms with Crippen LogP contribution in [-0.4, -0.2) is 55.1 Å². The van der Waals surface area contributed by atoms with Crippen LogP contribution in [0.15, 0.2) is 0 Å². The molecule has 1 aliphatic carbocycles. The van der Waals surface area contributed by atoms with E-state index < -0.39 is 6.04 Å². The fourth-order valence-corrected chi connectivity index (χ4v) is 2.92. The highest BCUT2D eigenvalue weighted by Gasteiger charge is 2.29. The van der Waals surface area contributed by atoms with Gasteiger partial charge in [0, 0.05) is 25.0 Å². The predicted octanol–water partition coefficient (Wildman–Crippen LogP) is -0.133. The minimum absolute atomic E-state index is 0.0262. The third kappa shape index (κ3) is 3.93. The van der Waals surface area contributed by atoms with Gasteiger partial charge in [0.25, 0.3) is 0 Å². The zero-order chi connectivity index (χ0) is 14.5. The van der Waals surface area contributed by atoms with E-state index in [1.807, 2.05) is 0 Å². The highest BCUT2D eigenvalue weighted by atomic mass is 16.5. The summed E-state index contributed by atoms with van der Waals surface area (Å²) in [5, 5.41) is 2.84. The number of amides is 2. The summed E-state index contributed by atoms with van der Waals surface area (Å²) in [7, 11) is 0. The molecular formula is C14H25N3O3. The van der Waals surface area contributed by atoms with Crippen molar-refractivity contribution < 1.29 is 14.3 Å². The van der Waals surface area contributed by atoms with Crippen molar-refractivity contribution in [3.63, 3.8) is 0 Å². The standard InChI is InChI=1S/C14H25N3O3/c1-10(14(19)17-5-7-20-8-6-17)16-13(18)11-3-2-4-12(15)9-11/h10-12H,2-9,15H2,1H3,(H,16,18). The molecule has 0 aromatic heterocycles. The van der Waals surface area contributed by atoms with Crippen molar-refractivity contribution in [2.24, 2.45) is 11.7 Å². The second-order valence-corrected chi connectivity index (χ2v) is 5.79. The third-order valence-corrected chi connectivity index (χ3v) is 4.14. The average molecular weight is 283 g/mol. The van der Waals surface area contributed by atoms with E-state index in [2.05, 4.69) is 5.32 Å². The van der Waals surface area contributed by atoms with Crippen LogP contribution in [0.3, 0.4) is 0 Å². The van der Waals surface area contributed by atoms with Gasteiger partial charge in [0.15, 0.2) is 0 Å². The van der Waals surface area contributed by atoms with Crippen LogP contribution in [0.5, 0.6) is 0 Å². The lowest BCUT2D eigenvalue weighted by atomic mass is 9.85. The van der Waals surface area contributed by atoms with Crippen LogP contribution in [-0.2, 0) is 14.3 Å². The summed E-state index contributed by atoms with van der Waals surface area (Å²) in [6.07, 6.45) is 3.58. The van der Waals surface area contributed by atoms with Gasteiger partial charge in [-0.1, -0.05) is 6.42 Å². The van der Waals surface area contributed by atoms with E-state index in [1.54, 1.807) is 11.8 Å². The molecule has 2 fully saturated rings. The maximum atomic E-state index is 12.2. The molecule has 6 heteroatoms. The maximum Gasteiger partial charge on any atom is 0.245 e. The molecule has 3 unspecified atom stereocenters. The van der Waals surface area contributed by atoms with Gasteiger partial charge in [-0.2, -0.15) is 0 Å². The fourth-order valence-electron chi connectivity index (χ4n) is 2.92. The first-order valence-corrected chi connectivity index (χ1v) is 7.50. The summed E-state index contributed by atoms with van der Waals surface area (Å²) in [5.41, 5.74) is 5.90. The minimum Gasteiger partial charge on any atom is -0.378 e. The zero-order valence-corrected chi connectivity index (χ0v) is 12.1. The van der Waals surface area contributed by atoms with Crippen LogP contribution >= 0.6 is 0 Å². The molecule has 0 radical (unpaired) electrons. The van der Waals surface area contributed by atoms with Crippen molar-refractivity contribution in [1.29, 1.82) is 0 Å². The van der Waals surface area contributed by atoms with Crippen LogP contribution in [0, 0.1) is 5.92 Å². The Labute approximate surface area is 120 Å². The minimum atomic E-state index is -0.473. The maximum absolute atomic E-state index is 12.2. The molecule has 1 saturated carbocycles. The Morgan fingerprint density at radius 1 is 1.30 bits per heavy atom. The monoisotopic (exact) mass is 283 g/mol. The number of nitrogens with zero attached hydrogens (tertiary/aromatic N) is 1. The van der Waals surface area contributed by atoms with Crippen molar-refractivity contribution in [2.75, 3.05) is 26.3 Å². The molecular weight excluding hydrogens is 258 g/mol. The Morgan fingerprint density at radius 3 is 2.65 bits per heavy atom. The molecule has 6 nitrogen and oxygen atoms in total. The van der Waals surface area contributed by atoms with Gasteiger partial charge in [-0.15, -0.1) is 0 Å². The Morgan fingerprint density at radius 2 is 2.00 bits per heavy atom. The summed E-state index contributed by atoms with van der Waals surface area (Å²) in [6.45, 7) is 4.10. The largest absolute Gasteiger partial charge is 0.378 e. The second kappa shape index (κ2) is 7.04. The molecule has 20 heavy (non-hydrogen) atoms. The van der Waals surface area contributed by atoms with Crippen molar-refractivity contribution in [3.8, 4) is 0 Å². The van der Waals surface area contributed by atoms with E-state index in [9.17, 15) is 9.59 Å². The molecule has 2 amide bonds. The number of rotatable bonds is 3. The molecule has 2 rings (SSSR count). The third-order valence-electron chi connectivity index (χ3n) is 4.14. The Hall–Kier alpha value is -1.14. The van der Waals surface area contributed by atoms with E-state index >= 15 is 0 Å². The van der Waals surface area contributed by atoms with Gasteiger partial charge in [0.2, 0.25) is 11.8 Å². The summed E-state index contributed by atoms with van der Waals surface area (Å²) in [5.74, 6) is -0.102. The number of ether oxygens (including phenoxy) is 1. The van der Waals surface area contributed by atoms with Crippen LogP contribution in [0.2, 0.25) is 0 Å². The number of nitrogens with one attached hydrogen (secondary N) is 1. The number of hydrogen-bond donors (Lipinski definition) is 2. The molecule has 0 aromatic rings. The SMILES string of the molecule is CC(NC(=O)C1CCCC(N)C1)C(=O)N1CCOCC1. The molecule has 0 aromatic carbocycles. The van der Waals surface area contributed by atoms with Crippen molar-refractivity contribution in [3.05, 3.63) is 0 Å². The first-order valence-electron chi connectivity index (χ1n) is 7.50. The zero-order valence-electron chi connectivity index (χ0n) is 12.1. The van der Waals surface area contributed by atoms with Gasteiger partial charge in [-0.05, 0) is 26.2 Å². The topological polar surface area (TPSA) is 84.7 Å². The Bertz CT molecular complexity index is 356. The predicted molar refractivity (Wildman–Crippen MR) is 74.9 cm³/mol. The van der Waals surface area contributed by atoms with Crippen LogP contribution in [0.1, 0.15) is 32.6 Å². The Balaban J connectivity index is 1.81. The highest BCUT2D eigenvalue weighted by Crippen LogP contribution is 2.23. The number of morpholine rings is 1. The molecule has 1 saturated heterocycles. The molecule has 1 heterocycles. The second-order valence-electron chi connectivity index (χ2n) is 5.79. The summed E-state index contributed by atoms with van der Waals surface area (Å²) < 4.78 is 5.22. The summed E-state index contributed by atoms with van der Waals surface area (Å²) in [4.78, 5) is 26.1. The van der Waals surface area contributed by atoms with Gasteiger partial charge in [-0.3, -0.25) is 9.59 Å². The normalized spacial score (nSPS) is 28.8. The van der Waals surface area contributed by atoms with Crippen molar-refractivity contribution >= 4 is 11.8 Å². The quantitative estimate of drug-likeness (QED) is 0.755. The van der Waals surface area contributed by atoms with E-state index in [0.29, 0.717) is 26.3 Å². The van der Waals surface area contributed by atoms with Gasteiger partial charge < -0.3 is 20.7 Å². The van der Waals surface area contributed by atoms with Gasteiger partial charge in [0.1, 0.15) is 6.04 Å². The van der Waals surface area contributed by atoms with E-state index in [1.165, 1.54) is 0 Å². The Kier molecular flexibility index (Phi) is 5.37. The number of hydrogen-bond acceptors (Lipinski definition) is 4. The number of carbonyl (C=O) groups is 2. The molecule has 0 bridgehead atoms. The molecule has 3 N–H and O–H groups in total. The first kappa shape index (κ1) is 15.3. The first-order chi connectivity index (χ1) is 9.58. The molecule has 2 aliphatic rings. The lowest BCUT2D eigenvalue weighted by Crippen LogP contribution is -2.52. The van der Waals surface area contributed by atoms with E-state index in [4.69, 9.17) is 10.5 Å². The summed E-state index contributed by atoms with van der Waals surface area (Å²) in [6, 6.07) is -0.358. The fraction of sp³-hybridized carbons (Fsp3) is 0.857. The van der Waals surface area contributed by atoms with Crippen LogP contribution in [0.4, 0.5) is 0 Å². The lowest BCUT2D eigenvalue weighted by molar-refractivity contribution is -0.140. The average Bonchev–Trinajstić information content (AvgIpc) is 2.47. The molecule has 114 valence electrons. The summed E-state index contributed by atoms with van der Waals surface area (Å²) >= 11 is 0. The van der Waals surface area contributed by atoms with Crippen molar-refractivity contribution in [2.45, 2.75) is 44.7 Å². The number of nitrogens with two attached hydrogens (primary N) is 1. The van der Waals surface area contributed by atoms with E-state index in [0.717, 1.165) is 25.7 Å². The van der Waals surface area contributed by atoms with Crippen LogP contribution < -0.4 is 11.1 Å². The van der Waals surface area contributed by atoms with Crippen molar-refractivity contribution in [1.82, 2.24) is 10.2 Å².